The number of rotatable bonds is 5. The molecule has 2 unspecified atom stereocenters. The van der Waals surface area contributed by atoms with Gasteiger partial charge >= 0.3 is 0 Å². The molecule has 1 N–H and O–H groups in total. The highest BCUT2D eigenvalue weighted by Crippen LogP contribution is 2.32. The van der Waals surface area contributed by atoms with Crippen LogP contribution in [-0.2, 0) is 0 Å². The SMILES string of the molecule is CNC(c1ccccc1)C(C)Sc1nc2ccccc2o1. The largest absolute Gasteiger partial charge is 0.431 e. The van der Waals surface area contributed by atoms with E-state index in [1.165, 1.54) is 5.56 Å². The molecule has 3 nitrogen and oxygen atoms in total. The molecule has 0 amide bonds. The third-order valence-electron chi connectivity index (χ3n) is 3.50. The monoisotopic (exact) mass is 298 g/mol. The van der Waals surface area contributed by atoms with Crippen molar-refractivity contribution in [3.05, 3.63) is 60.2 Å². The Labute approximate surface area is 128 Å². The molecular formula is C17H18N2OS. The molecule has 4 heteroatoms. The van der Waals surface area contributed by atoms with Gasteiger partial charge in [-0.1, -0.05) is 61.2 Å². The number of fused-ring (bicyclic) bond motifs is 1. The second-order valence-electron chi connectivity index (χ2n) is 4.95. The summed E-state index contributed by atoms with van der Waals surface area (Å²) >= 11 is 1.66. The van der Waals surface area contributed by atoms with Gasteiger partial charge in [0.15, 0.2) is 5.58 Å². The van der Waals surface area contributed by atoms with Gasteiger partial charge in [0.05, 0.1) is 0 Å². The quantitative estimate of drug-likeness (QED) is 0.714. The van der Waals surface area contributed by atoms with Crippen LogP contribution in [0, 0.1) is 0 Å². The van der Waals surface area contributed by atoms with Crippen LogP contribution in [0.5, 0.6) is 0 Å². The van der Waals surface area contributed by atoms with Crippen LogP contribution in [0.25, 0.3) is 11.1 Å². The van der Waals surface area contributed by atoms with Crippen molar-refractivity contribution in [3.63, 3.8) is 0 Å². The topological polar surface area (TPSA) is 38.1 Å². The smallest absolute Gasteiger partial charge is 0.257 e. The summed E-state index contributed by atoms with van der Waals surface area (Å²) in [4.78, 5) is 4.53. The Bertz CT molecular complexity index is 678. The minimum atomic E-state index is 0.256. The van der Waals surface area contributed by atoms with Crippen LogP contribution < -0.4 is 5.32 Å². The van der Waals surface area contributed by atoms with E-state index in [-0.39, 0.29) is 6.04 Å². The number of para-hydroxylation sites is 2. The molecule has 0 radical (unpaired) electrons. The lowest BCUT2D eigenvalue weighted by molar-refractivity contribution is 0.484. The van der Waals surface area contributed by atoms with Gasteiger partial charge in [-0.15, -0.1) is 0 Å². The maximum atomic E-state index is 5.79. The molecule has 0 fully saturated rings. The van der Waals surface area contributed by atoms with Crippen LogP contribution in [0.4, 0.5) is 0 Å². The maximum absolute atomic E-state index is 5.79. The fourth-order valence-electron chi connectivity index (χ4n) is 2.46. The summed E-state index contributed by atoms with van der Waals surface area (Å²) in [5.41, 5.74) is 3.02. The van der Waals surface area contributed by atoms with Crippen molar-refractivity contribution in [3.8, 4) is 0 Å². The molecule has 0 spiro atoms. The van der Waals surface area contributed by atoms with Gasteiger partial charge in [0.25, 0.3) is 5.22 Å². The second-order valence-corrected chi connectivity index (χ2v) is 6.28. The standard InChI is InChI=1S/C17H18N2OS/c1-12(16(18-2)13-8-4-3-5-9-13)21-17-19-14-10-6-7-11-15(14)20-17/h3-12,16,18H,1-2H3. The molecule has 0 saturated heterocycles. The fourth-order valence-corrected chi connectivity index (χ4v) is 3.50. The number of hydrogen-bond donors (Lipinski definition) is 1. The summed E-state index contributed by atoms with van der Waals surface area (Å²) in [6.45, 7) is 2.19. The minimum Gasteiger partial charge on any atom is -0.431 e. The van der Waals surface area contributed by atoms with E-state index in [2.05, 4.69) is 41.5 Å². The highest BCUT2D eigenvalue weighted by atomic mass is 32.2. The number of nitrogens with one attached hydrogen (secondary N) is 1. The first kappa shape index (κ1) is 14.2. The van der Waals surface area contributed by atoms with E-state index in [9.17, 15) is 0 Å². The molecule has 3 aromatic rings. The van der Waals surface area contributed by atoms with Gasteiger partial charge in [-0.25, -0.2) is 4.98 Å². The summed E-state index contributed by atoms with van der Waals surface area (Å²) in [5, 5.41) is 4.41. The van der Waals surface area contributed by atoms with Crippen molar-refractivity contribution in [1.82, 2.24) is 10.3 Å². The van der Waals surface area contributed by atoms with Gasteiger partial charge in [-0.05, 0) is 24.7 Å². The molecule has 0 saturated carbocycles. The lowest BCUT2D eigenvalue weighted by atomic mass is 10.0. The molecular weight excluding hydrogens is 280 g/mol. The molecule has 2 atom stereocenters. The van der Waals surface area contributed by atoms with Crippen LogP contribution in [0.1, 0.15) is 18.5 Å². The van der Waals surface area contributed by atoms with Crippen molar-refractivity contribution in [1.29, 1.82) is 0 Å². The van der Waals surface area contributed by atoms with Crippen molar-refractivity contribution in [2.75, 3.05) is 7.05 Å². The molecule has 0 aliphatic carbocycles. The number of oxazole rings is 1. The van der Waals surface area contributed by atoms with E-state index in [1.807, 2.05) is 37.4 Å². The zero-order chi connectivity index (χ0) is 14.7. The Kier molecular flexibility index (Phi) is 4.27. The van der Waals surface area contributed by atoms with Crippen LogP contribution in [0.3, 0.4) is 0 Å². The van der Waals surface area contributed by atoms with E-state index in [0.717, 1.165) is 16.3 Å². The molecule has 0 aliphatic rings. The molecule has 108 valence electrons. The van der Waals surface area contributed by atoms with Gasteiger partial charge in [0, 0.05) is 11.3 Å². The van der Waals surface area contributed by atoms with Crippen LogP contribution >= 0.6 is 11.8 Å². The fraction of sp³-hybridized carbons (Fsp3) is 0.235. The highest BCUT2D eigenvalue weighted by molar-refractivity contribution is 7.99. The Morgan fingerprint density at radius 3 is 2.48 bits per heavy atom. The number of hydrogen-bond acceptors (Lipinski definition) is 4. The van der Waals surface area contributed by atoms with E-state index in [0.29, 0.717) is 5.25 Å². The lowest BCUT2D eigenvalue weighted by Crippen LogP contribution is -2.25. The van der Waals surface area contributed by atoms with Gasteiger partial charge in [0.1, 0.15) is 5.52 Å². The first-order valence-electron chi connectivity index (χ1n) is 7.02. The molecule has 1 aromatic heterocycles. The predicted octanol–water partition coefficient (Wildman–Crippen LogP) is 4.27. The average molecular weight is 298 g/mol. The summed E-state index contributed by atoms with van der Waals surface area (Å²) < 4.78 is 5.79. The van der Waals surface area contributed by atoms with Crippen molar-refractivity contribution in [2.45, 2.75) is 23.4 Å². The Morgan fingerprint density at radius 2 is 1.76 bits per heavy atom. The molecule has 21 heavy (non-hydrogen) atoms. The second kappa shape index (κ2) is 6.33. The van der Waals surface area contributed by atoms with E-state index >= 15 is 0 Å². The molecule has 3 rings (SSSR count). The highest BCUT2D eigenvalue weighted by Gasteiger charge is 2.20. The van der Waals surface area contributed by atoms with Gasteiger partial charge in [0.2, 0.25) is 0 Å². The summed E-state index contributed by atoms with van der Waals surface area (Å²) in [6.07, 6.45) is 0. The zero-order valence-electron chi connectivity index (χ0n) is 12.1. The first-order chi connectivity index (χ1) is 10.3. The van der Waals surface area contributed by atoms with Gasteiger partial charge in [-0.3, -0.25) is 0 Å². The van der Waals surface area contributed by atoms with E-state index < -0.39 is 0 Å². The Morgan fingerprint density at radius 1 is 1.05 bits per heavy atom. The van der Waals surface area contributed by atoms with E-state index in [1.54, 1.807) is 11.8 Å². The van der Waals surface area contributed by atoms with Gasteiger partial charge in [-0.2, -0.15) is 0 Å². The van der Waals surface area contributed by atoms with E-state index in [4.69, 9.17) is 4.42 Å². The average Bonchev–Trinajstić information content (AvgIpc) is 2.91. The van der Waals surface area contributed by atoms with Crippen LogP contribution in [0.15, 0.2) is 64.2 Å². The maximum Gasteiger partial charge on any atom is 0.257 e. The molecule has 2 aromatic carbocycles. The van der Waals surface area contributed by atoms with Crippen molar-refractivity contribution < 1.29 is 4.42 Å². The Hall–Kier alpha value is -1.78. The number of nitrogens with zero attached hydrogens (tertiary/aromatic N) is 1. The zero-order valence-corrected chi connectivity index (χ0v) is 12.9. The molecule has 0 bridgehead atoms. The number of thioether (sulfide) groups is 1. The third-order valence-corrected chi connectivity index (χ3v) is 4.52. The van der Waals surface area contributed by atoms with Crippen molar-refractivity contribution in [2.24, 2.45) is 0 Å². The summed E-state index contributed by atoms with van der Waals surface area (Å²) in [6, 6.07) is 18.6. The summed E-state index contributed by atoms with van der Waals surface area (Å²) in [5.74, 6) is 0. The molecule has 0 aliphatic heterocycles. The first-order valence-corrected chi connectivity index (χ1v) is 7.90. The third kappa shape index (κ3) is 3.12. The normalized spacial score (nSPS) is 14.2. The van der Waals surface area contributed by atoms with Crippen molar-refractivity contribution >= 4 is 22.9 Å². The minimum absolute atomic E-state index is 0.256. The summed E-state index contributed by atoms with van der Waals surface area (Å²) in [7, 11) is 1.99. The van der Waals surface area contributed by atoms with Crippen LogP contribution in [0.2, 0.25) is 0 Å². The lowest BCUT2D eigenvalue weighted by Gasteiger charge is -2.22. The molecule has 1 heterocycles. The Balaban J connectivity index is 1.79. The number of aromatic nitrogens is 1. The predicted molar refractivity (Wildman–Crippen MR) is 87.6 cm³/mol. The van der Waals surface area contributed by atoms with Gasteiger partial charge < -0.3 is 9.73 Å². The number of benzene rings is 2. The van der Waals surface area contributed by atoms with Crippen LogP contribution in [-0.4, -0.2) is 17.3 Å².